The number of aromatic nitrogens is 2. The van der Waals surface area contributed by atoms with Crippen molar-refractivity contribution in [2.24, 2.45) is 0 Å². The number of aliphatic carboxylic acids is 1. The maximum atomic E-state index is 11.9. The van der Waals surface area contributed by atoms with E-state index in [0.29, 0.717) is 25.1 Å². The van der Waals surface area contributed by atoms with Crippen molar-refractivity contribution < 1.29 is 14.7 Å². The Bertz CT molecular complexity index is 690. The average Bonchev–Trinajstić information content (AvgIpc) is 2.82. The largest absolute Gasteiger partial charge is 0.481 e. The van der Waals surface area contributed by atoms with Crippen LogP contribution in [0.4, 0.5) is 0 Å². The quantitative estimate of drug-likeness (QED) is 0.767. The summed E-state index contributed by atoms with van der Waals surface area (Å²) in [6.45, 7) is 5.00. The Hall–Kier alpha value is -2.63. The zero-order valence-corrected chi connectivity index (χ0v) is 13.4. The van der Waals surface area contributed by atoms with Crippen LogP contribution >= 0.6 is 0 Å². The number of hydrogen-bond acceptors (Lipinski definition) is 3. The molecule has 0 aliphatic carbocycles. The van der Waals surface area contributed by atoms with Crippen LogP contribution in [0.2, 0.25) is 0 Å². The highest BCUT2D eigenvalue weighted by Gasteiger charge is 2.07. The Morgan fingerprint density at radius 3 is 2.48 bits per heavy atom. The molecule has 0 radical (unpaired) electrons. The van der Waals surface area contributed by atoms with E-state index in [1.54, 1.807) is 12.1 Å². The molecular formula is C17H21N3O3. The van der Waals surface area contributed by atoms with Crippen LogP contribution in [0.5, 0.6) is 0 Å². The number of carboxylic acids is 1. The SMILES string of the molecule is Cc1cc(C)n(Cc2ccc(C(=O)NCCCC(=O)O)cc2)n1. The van der Waals surface area contributed by atoms with Gasteiger partial charge in [-0.05, 0) is 44.0 Å². The van der Waals surface area contributed by atoms with E-state index in [4.69, 9.17) is 5.11 Å². The first kappa shape index (κ1) is 16.7. The normalized spacial score (nSPS) is 10.5. The van der Waals surface area contributed by atoms with E-state index in [0.717, 1.165) is 17.0 Å². The third kappa shape index (κ3) is 4.95. The van der Waals surface area contributed by atoms with Gasteiger partial charge in [0.05, 0.1) is 12.2 Å². The zero-order chi connectivity index (χ0) is 16.8. The van der Waals surface area contributed by atoms with Crippen LogP contribution in [0.3, 0.4) is 0 Å². The molecule has 0 saturated carbocycles. The Morgan fingerprint density at radius 2 is 1.91 bits per heavy atom. The number of nitrogens with one attached hydrogen (secondary N) is 1. The van der Waals surface area contributed by atoms with Crippen molar-refractivity contribution in [2.45, 2.75) is 33.2 Å². The predicted molar refractivity (Wildman–Crippen MR) is 86.4 cm³/mol. The van der Waals surface area contributed by atoms with Gasteiger partial charge < -0.3 is 10.4 Å². The average molecular weight is 315 g/mol. The van der Waals surface area contributed by atoms with Crippen molar-refractivity contribution in [1.29, 1.82) is 0 Å². The van der Waals surface area contributed by atoms with Crippen molar-refractivity contribution in [1.82, 2.24) is 15.1 Å². The number of nitrogens with zero attached hydrogens (tertiary/aromatic N) is 2. The highest BCUT2D eigenvalue weighted by atomic mass is 16.4. The van der Waals surface area contributed by atoms with Crippen LogP contribution in [-0.2, 0) is 11.3 Å². The summed E-state index contributed by atoms with van der Waals surface area (Å²) < 4.78 is 1.93. The van der Waals surface area contributed by atoms with Gasteiger partial charge in [0.15, 0.2) is 0 Å². The monoisotopic (exact) mass is 315 g/mol. The lowest BCUT2D eigenvalue weighted by atomic mass is 10.1. The summed E-state index contributed by atoms with van der Waals surface area (Å²) in [6, 6.07) is 9.38. The van der Waals surface area contributed by atoms with Gasteiger partial charge in [-0.3, -0.25) is 14.3 Å². The molecule has 0 atom stereocenters. The molecule has 0 saturated heterocycles. The van der Waals surface area contributed by atoms with Crippen LogP contribution in [-0.4, -0.2) is 33.3 Å². The fraction of sp³-hybridized carbons (Fsp3) is 0.353. The number of benzene rings is 1. The van der Waals surface area contributed by atoms with Gasteiger partial charge in [0.1, 0.15) is 0 Å². The number of carboxylic acid groups (broad SMARTS) is 1. The first-order valence-corrected chi connectivity index (χ1v) is 7.55. The minimum Gasteiger partial charge on any atom is -0.481 e. The van der Waals surface area contributed by atoms with E-state index in [2.05, 4.69) is 10.4 Å². The second kappa shape index (κ2) is 7.58. The fourth-order valence-electron chi connectivity index (χ4n) is 2.31. The molecule has 1 aromatic heterocycles. The predicted octanol–water partition coefficient (Wildman–Crippen LogP) is 2.14. The van der Waals surface area contributed by atoms with E-state index in [1.165, 1.54) is 0 Å². The van der Waals surface area contributed by atoms with Crippen LogP contribution in [0.1, 0.15) is 40.2 Å². The van der Waals surface area contributed by atoms with Gasteiger partial charge in [-0.2, -0.15) is 5.10 Å². The van der Waals surface area contributed by atoms with Crippen molar-refractivity contribution >= 4 is 11.9 Å². The van der Waals surface area contributed by atoms with Gasteiger partial charge in [-0.25, -0.2) is 0 Å². The van der Waals surface area contributed by atoms with Crippen LogP contribution in [0, 0.1) is 13.8 Å². The van der Waals surface area contributed by atoms with Gasteiger partial charge in [0, 0.05) is 24.2 Å². The number of carbonyl (C=O) groups excluding carboxylic acids is 1. The third-order valence-electron chi connectivity index (χ3n) is 3.50. The Labute approximate surface area is 135 Å². The molecule has 2 N–H and O–H groups in total. The number of amides is 1. The van der Waals surface area contributed by atoms with Gasteiger partial charge in [0.25, 0.3) is 5.91 Å². The van der Waals surface area contributed by atoms with E-state index in [-0.39, 0.29) is 12.3 Å². The molecule has 1 heterocycles. The number of hydrogen-bond donors (Lipinski definition) is 2. The van der Waals surface area contributed by atoms with Crippen molar-refractivity contribution in [3.63, 3.8) is 0 Å². The fourth-order valence-corrected chi connectivity index (χ4v) is 2.31. The minimum absolute atomic E-state index is 0.0574. The molecule has 2 rings (SSSR count). The molecule has 23 heavy (non-hydrogen) atoms. The smallest absolute Gasteiger partial charge is 0.303 e. The van der Waals surface area contributed by atoms with Gasteiger partial charge in [-0.15, -0.1) is 0 Å². The third-order valence-corrected chi connectivity index (χ3v) is 3.50. The molecule has 0 aliphatic rings. The Morgan fingerprint density at radius 1 is 1.22 bits per heavy atom. The molecular weight excluding hydrogens is 294 g/mol. The summed E-state index contributed by atoms with van der Waals surface area (Å²) in [5.41, 5.74) is 3.72. The topological polar surface area (TPSA) is 84.2 Å². The van der Waals surface area contributed by atoms with Crippen LogP contribution in [0.15, 0.2) is 30.3 Å². The lowest BCUT2D eigenvalue weighted by Crippen LogP contribution is -2.24. The van der Waals surface area contributed by atoms with E-state index in [1.807, 2.05) is 36.7 Å². The number of aryl methyl sites for hydroxylation is 2. The molecule has 0 fully saturated rings. The highest BCUT2D eigenvalue weighted by Crippen LogP contribution is 2.09. The molecule has 1 amide bonds. The maximum absolute atomic E-state index is 11.9. The molecule has 6 nitrogen and oxygen atoms in total. The summed E-state index contributed by atoms with van der Waals surface area (Å²) in [7, 11) is 0. The summed E-state index contributed by atoms with van der Waals surface area (Å²) >= 11 is 0. The molecule has 0 spiro atoms. The summed E-state index contributed by atoms with van der Waals surface area (Å²) in [4.78, 5) is 22.3. The molecule has 0 aliphatic heterocycles. The minimum atomic E-state index is -0.854. The van der Waals surface area contributed by atoms with E-state index < -0.39 is 5.97 Å². The Kier molecular flexibility index (Phi) is 5.51. The molecule has 0 unspecified atom stereocenters. The summed E-state index contributed by atoms with van der Waals surface area (Å²) in [6.07, 6.45) is 0.485. The maximum Gasteiger partial charge on any atom is 0.303 e. The molecule has 122 valence electrons. The molecule has 2 aromatic rings. The lowest BCUT2D eigenvalue weighted by Gasteiger charge is -2.07. The number of carbonyl (C=O) groups is 2. The lowest BCUT2D eigenvalue weighted by molar-refractivity contribution is -0.137. The zero-order valence-electron chi connectivity index (χ0n) is 13.4. The first-order chi connectivity index (χ1) is 11.0. The molecule has 1 aromatic carbocycles. The van der Waals surface area contributed by atoms with E-state index in [9.17, 15) is 9.59 Å². The van der Waals surface area contributed by atoms with Crippen molar-refractivity contribution in [3.05, 3.63) is 52.8 Å². The van der Waals surface area contributed by atoms with Crippen molar-refractivity contribution in [3.8, 4) is 0 Å². The van der Waals surface area contributed by atoms with Gasteiger partial charge in [-0.1, -0.05) is 12.1 Å². The van der Waals surface area contributed by atoms with Gasteiger partial charge in [0.2, 0.25) is 0 Å². The highest BCUT2D eigenvalue weighted by molar-refractivity contribution is 5.94. The Balaban J connectivity index is 1.90. The molecule has 6 heteroatoms. The number of rotatable bonds is 7. The molecule has 0 bridgehead atoms. The summed E-state index contributed by atoms with van der Waals surface area (Å²) in [5, 5.41) is 15.7. The standard InChI is InChI=1S/C17H21N3O3/c1-12-10-13(2)20(19-12)11-14-5-7-15(8-6-14)17(23)18-9-3-4-16(21)22/h5-8,10H,3-4,9,11H2,1-2H3,(H,18,23)(H,21,22). The second-order valence-electron chi connectivity index (χ2n) is 5.53. The van der Waals surface area contributed by atoms with Crippen LogP contribution in [0.25, 0.3) is 0 Å². The van der Waals surface area contributed by atoms with E-state index >= 15 is 0 Å². The van der Waals surface area contributed by atoms with Gasteiger partial charge >= 0.3 is 5.97 Å². The van der Waals surface area contributed by atoms with Crippen molar-refractivity contribution in [2.75, 3.05) is 6.54 Å². The van der Waals surface area contributed by atoms with Crippen LogP contribution < -0.4 is 5.32 Å². The summed E-state index contributed by atoms with van der Waals surface area (Å²) in [5.74, 6) is -1.04. The first-order valence-electron chi connectivity index (χ1n) is 7.55. The second-order valence-corrected chi connectivity index (χ2v) is 5.53.